The maximum Gasteiger partial charge on any atom is 0.227 e. The number of nitriles is 1. The highest BCUT2D eigenvalue weighted by Crippen LogP contribution is 2.26. The monoisotopic (exact) mass is 395 g/mol. The molecule has 0 aliphatic rings. The molecule has 0 spiro atoms. The van der Waals surface area contributed by atoms with Crippen LogP contribution in [0.5, 0.6) is 0 Å². The van der Waals surface area contributed by atoms with Crippen molar-refractivity contribution in [2.75, 3.05) is 7.05 Å². The van der Waals surface area contributed by atoms with Crippen LogP contribution in [0.2, 0.25) is 0 Å². The summed E-state index contributed by atoms with van der Waals surface area (Å²) in [6.45, 7) is 0.521. The minimum Gasteiger partial charge on any atom is -0.341 e. The van der Waals surface area contributed by atoms with Gasteiger partial charge in [0.2, 0.25) is 5.91 Å². The van der Waals surface area contributed by atoms with Gasteiger partial charge in [0.25, 0.3) is 0 Å². The number of carbonyl (C=O) groups excluding carboxylic acids is 1. The van der Waals surface area contributed by atoms with Crippen LogP contribution in [0.3, 0.4) is 0 Å². The van der Waals surface area contributed by atoms with E-state index in [4.69, 9.17) is 0 Å². The normalized spacial score (nSPS) is 10.6. The van der Waals surface area contributed by atoms with Crippen LogP contribution in [0, 0.1) is 11.3 Å². The number of para-hydroxylation sites is 1. The number of benzene rings is 2. The van der Waals surface area contributed by atoms with Gasteiger partial charge in [0, 0.05) is 41.6 Å². The summed E-state index contributed by atoms with van der Waals surface area (Å²) in [5, 5.41) is 10.5. The highest BCUT2D eigenvalue weighted by atomic mass is 79.9. The van der Waals surface area contributed by atoms with Gasteiger partial charge in [0.15, 0.2) is 0 Å². The van der Waals surface area contributed by atoms with Crippen molar-refractivity contribution in [1.82, 2.24) is 9.47 Å². The lowest BCUT2D eigenvalue weighted by molar-refractivity contribution is -0.129. The highest BCUT2D eigenvalue weighted by molar-refractivity contribution is 9.10. The van der Waals surface area contributed by atoms with Crippen LogP contribution in [0.4, 0.5) is 0 Å². The number of likely N-dealkylation sites (N-methyl/N-ethyl adjacent to an activating group) is 1. The first-order valence-electron chi connectivity index (χ1n) is 7.96. The van der Waals surface area contributed by atoms with Crippen molar-refractivity contribution < 1.29 is 4.79 Å². The summed E-state index contributed by atoms with van der Waals surface area (Å²) in [4.78, 5) is 14.4. The smallest absolute Gasteiger partial charge is 0.227 e. The van der Waals surface area contributed by atoms with E-state index in [1.165, 1.54) is 0 Å². The van der Waals surface area contributed by atoms with E-state index in [2.05, 4.69) is 22.0 Å². The molecule has 0 aliphatic heterocycles. The molecule has 0 fully saturated rings. The van der Waals surface area contributed by atoms with Crippen LogP contribution in [-0.4, -0.2) is 22.4 Å². The Morgan fingerprint density at radius 1 is 1.20 bits per heavy atom. The molecule has 0 unspecified atom stereocenters. The van der Waals surface area contributed by atoms with Crippen LogP contribution < -0.4 is 0 Å². The fourth-order valence-electron chi connectivity index (χ4n) is 3.05. The summed E-state index contributed by atoms with van der Waals surface area (Å²) < 4.78 is 2.84. The van der Waals surface area contributed by atoms with Crippen molar-refractivity contribution in [3.8, 4) is 6.07 Å². The second kappa shape index (κ2) is 7.12. The van der Waals surface area contributed by atoms with E-state index in [1.54, 1.807) is 11.9 Å². The Kier molecular flexibility index (Phi) is 4.91. The summed E-state index contributed by atoms with van der Waals surface area (Å²) in [5.74, 6) is -0.0105. The zero-order valence-corrected chi connectivity index (χ0v) is 15.7. The molecule has 0 bridgehead atoms. The van der Waals surface area contributed by atoms with Gasteiger partial charge in [-0.25, -0.2) is 0 Å². The second-order valence-corrected chi connectivity index (χ2v) is 6.89. The third-order valence-corrected chi connectivity index (χ3v) is 5.21. The van der Waals surface area contributed by atoms with E-state index >= 15 is 0 Å². The largest absolute Gasteiger partial charge is 0.341 e. The van der Waals surface area contributed by atoms with Crippen molar-refractivity contribution >= 4 is 32.7 Å². The van der Waals surface area contributed by atoms with Gasteiger partial charge in [-0.2, -0.15) is 5.26 Å². The minimum atomic E-state index is -0.0105. The van der Waals surface area contributed by atoms with E-state index < -0.39 is 0 Å². The van der Waals surface area contributed by atoms with Crippen molar-refractivity contribution in [3.05, 3.63) is 69.8 Å². The number of halogens is 1. The molecule has 2 aromatic carbocycles. The maximum absolute atomic E-state index is 12.7. The van der Waals surface area contributed by atoms with Gasteiger partial charge in [-0.3, -0.25) is 4.79 Å². The molecule has 3 aromatic rings. The third kappa shape index (κ3) is 3.31. The van der Waals surface area contributed by atoms with Gasteiger partial charge in [-0.15, -0.1) is 0 Å². The molecule has 0 radical (unpaired) electrons. The molecule has 0 N–H and O–H groups in total. The number of hydrogen-bond acceptors (Lipinski definition) is 2. The predicted molar refractivity (Wildman–Crippen MR) is 102 cm³/mol. The van der Waals surface area contributed by atoms with Crippen molar-refractivity contribution in [2.24, 2.45) is 7.05 Å². The Morgan fingerprint density at radius 3 is 2.60 bits per heavy atom. The fraction of sp³-hybridized carbons (Fsp3) is 0.200. The number of rotatable bonds is 4. The van der Waals surface area contributed by atoms with Crippen LogP contribution in [0.25, 0.3) is 10.9 Å². The lowest BCUT2D eigenvalue weighted by atomic mass is 10.1. The van der Waals surface area contributed by atoms with E-state index in [0.717, 1.165) is 26.5 Å². The lowest BCUT2D eigenvalue weighted by Crippen LogP contribution is -2.28. The number of carbonyl (C=O) groups is 1. The van der Waals surface area contributed by atoms with Gasteiger partial charge in [0.05, 0.1) is 6.42 Å². The molecule has 5 heteroatoms. The van der Waals surface area contributed by atoms with Crippen LogP contribution >= 0.6 is 15.9 Å². The van der Waals surface area contributed by atoms with E-state index in [9.17, 15) is 10.1 Å². The Labute approximate surface area is 155 Å². The molecule has 1 aromatic heterocycles. The number of aromatic nitrogens is 1. The lowest BCUT2D eigenvalue weighted by Gasteiger charge is -2.18. The molecular formula is C20H18BrN3O. The predicted octanol–water partition coefficient (Wildman–Crippen LogP) is 4.01. The van der Waals surface area contributed by atoms with Gasteiger partial charge in [-0.1, -0.05) is 52.3 Å². The summed E-state index contributed by atoms with van der Waals surface area (Å²) in [5.41, 5.74) is 3.36. The molecule has 126 valence electrons. The molecule has 0 saturated carbocycles. The maximum atomic E-state index is 12.7. The van der Waals surface area contributed by atoms with E-state index in [-0.39, 0.29) is 12.3 Å². The first-order chi connectivity index (χ1) is 12.0. The van der Waals surface area contributed by atoms with Crippen molar-refractivity contribution in [3.63, 3.8) is 0 Å². The second-order valence-electron chi connectivity index (χ2n) is 6.03. The Morgan fingerprint density at radius 2 is 1.88 bits per heavy atom. The van der Waals surface area contributed by atoms with Crippen LogP contribution in [0.1, 0.15) is 16.8 Å². The molecule has 0 saturated heterocycles. The molecule has 0 aliphatic carbocycles. The summed E-state index contributed by atoms with van der Waals surface area (Å²) in [6, 6.07) is 17.9. The minimum absolute atomic E-state index is 0.0105. The topological polar surface area (TPSA) is 49.0 Å². The highest BCUT2D eigenvalue weighted by Gasteiger charge is 2.19. The number of hydrogen-bond donors (Lipinski definition) is 0. The standard InChI is InChI=1S/C20H18BrN3O/c1-23(13-14-7-3-5-9-17(14)21)20(25)11-16-15-8-4-6-10-18(15)24(2)19(16)12-22/h3-10H,11,13H2,1-2H3. The molecule has 1 amide bonds. The number of amides is 1. The third-order valence-electron chi connectivity index (χ3n) is 4.44. The summed E-state index contributed by atoms with van der Waals surface area (Å²) in [6.07, 6.45) is 0.213. The zero-order chi connectivity index (χ0) is 18.0. The SMILES string of the molecule is CN(Cc1ccccc1Br)C(=O)Cc1c(C#N)n(C)c2ccccc12. The van der Waals surface area contributed by atoms with Gasteiger partial charge < -0.3 is 9.47 Å². The zero-order valence-electron chi connectivity index (χ0n) is 14.2. The number of fused-ring (bicyclic) bond motifs is 1. The molecular weight excluding hydrogens is 378 g/mol. The van der Waals surface area contributed by atoms with Gasteiger partial charge >= 0.3 is 0 Å². The van der Waals surface area contributed by atoms with Crippen LogP contribution in [0.15, 0.2) is 53.0 Å². The van der Waals surface area contributed by atoms with Gasteiger partial charge in [-0.05, 0) is 17.7 Å². The van der Waals surface area contributed by atoms with Gasteiger partial charge in [0.1, 0.15) is 11.8 Å². The Bertz CT molecular complexity index is 984. The Balaban J connectivity index is 1.87. The molecule has 1 heterocycles. The first-order valence-corrected chi connectivity index (χ1v) is 8.76. The average molecular weight is 396 g/mol. The quantitative estimate of drug-likeness (QED) is 0.669. The first kappa shape index (κ1) is 17.2. The average Bonchev–Trinajstić information content (AvgIpc) is 2.89. The summed E-state index contributed by atoms with van der Waals surface area (Å²) in [7, 11) is 3.65. The van der Waals surface area contributed by atoms with Crippen molar-refractivity contribution in [2.45, 2.75) is 13.0 Å². The number of aryl methyl sites for hydroxylation is 1. The molecule has 25 heavy (non-hydrogen) atoms. The fourth-order valence-corrected chi connectivity index (χ4v) is 3.46. The molecule has 4 nitrogen and oxygen atoms in total. The molecule has 3 rings (SSSR count). The number of nitrogens with zero attached hydrogens (tertiary/aromatic N) is 3. The van der Waals surface area contributed by atoms with E-state index in [0.29, 0.717) is 12.2 Å². The van der Waals surface area contributed by atoms with Crippen LogP contribution in [-0.2, 0) is 24.8 Å². The Hall–Kier alpha value is -2.58. The van der Waals surface area contributed by atoms with E-state index in [1.807, 2.05) is 60.1 Å². The molecule has 0 atom stereocenters. The van der Waals surface area contributed by atoms with Crippen molar-refractivity contribution in [1.29, 1.82) is 5.26 Å². The summed E-state index contributed by atoms with van der Waals surface area (Å²) >= 11 is 3.52.